The van der Waals surface area contributed by atoms with E-state index < -0.39 is 5.97 Å². The van der Waals surface area contributed by atoms with Crippen LogP contribution in [0.5, 0.6) is 0 Å². The van der Waals surface area contributed by atoms with Crippen molar-refractivity contribution in [3.63, 3.8) is 0 Å². The molecule has 2 fully saturated rings. The molecule has 3 atom stereocenters. The molecule has 2 aliphatic heterocycles. The molecule has 0 aromatic carbocycles. The lowest BCUT2D eigenvalue weighted by Gasteiger charge is -2.35. The van der Waals surface area contributed by atoms with Crippen LogP contribution in [0, 0.1) is 5.92 Å². The van der Waals surface area contributed by atoms with E-state index in [2.05, 4.69) is 4.90 Å². The number of nitrogens with zero attached hydrogens (tertiary/aromatic N) is 1. The molecule has 0 aromatic rings. The van der Waals surface area contributed by atoms with Gasteiger partial charge in [-0.15, -0.1) is 0 Å². The third-order valence-corrected chi connectivity index (χ3v) is 3.60. The fourth-order valence-electron chi connectivity index (χ4n) is 2.81. The Labute approximate surface area is 82.9 Å². The first kappa shape index (κ1) is 9.65. The maximum atomic E-state index is 11.6. The van der Waals surface area contributed by atoms with Gasteiger partial charge in [-0.1, -0.05) is 0 Å². The Morgan fingerprint density at radius 3 is 2.93 bits per heavy atom. The molecule has 0 saturated carbocycles. The first-order valence-corrected chi connectivity index (χ1v) is 5.06. The maximum absolute atomic E-state index is 11.6. The Balaban J connectivity index is 2.14. The van der Waals surface area contributed by atoms with Crippen LogP contribution in [-0.2, 0) is 9.59 Å². The SMILES string of the molecule is CN1C2CCC1C(CC(=O)O)C(=O)C2. The van der Waals surface area contributed by atoms with Crippen LogP contribution in [0.25, 0.3) is 0 Å². The standard InChI is InChI=1S/C10H15NO3/c1-11-6-2-3-8(11)7(5-10(13)14)9(12)4-6/h6-8H,2-5H2,1H3,(H,13,14). The molecule has 0 aliphatic carbocycles. The quantitative estimate of drug-likeness (QED) is 0.701. The molecule has 2 saturated heterocycles. The molecular formula is C10H15NO3. The summed E-state index contributed by atoms with van der Waals surface area (Å²) < 4.78 is 0. The zero-order chi connectivity index (χ0) is 10.3. The summed E-state index contributed by atoms with van der Waals surface area (Å²) in [6.45, 7) is 0. The number of Topliss-reactive ketones (excluding diaryl/α,β-unsaturated/α-hetero) is 1. The number of piperidine rings is 1. The van der Waals surface area contributed by atoms with Crippen molar-refractivity contribution >= 4 is 11.8 Å². The maximum Gasteiger partial charge on any atom is 0.304 e. The van der Waals surface area contributed by atoms with Crippen molar-refractivity contribution in [2.45, 2.75) is 37.8 Å². The number of carboxylic acid groups (broad SMARTS) is 1. The monoisotopic (exact) mass is 197 g/mol. The van der Waals surface area contributed by atoms with Gasteiger partial charge in [0.25, 0.3) is 0 Å². The first-order chi connectivity index (χ1) is 6.59. The van der Waals surface area contributed by atoms with E-state index in [9.17, 15) is 9.59 Å². The van der Waals surface area contributed by atoms with Crippen molar-refractivity contribution in [1.29, 1.82) is 0 Å². The number of carbonyl (C=O) groups is 2. The fourth-order valence-corrected chi connectivity index (χ4v) is 2.81. The molecule has 0 radical (unpaired) electrons. The molecule has 14 heavy (non-hydrogen) atoms. The molecule has 78 valence electrons. The zero-order valence-electron chi connectivity index (χ0n) is 8.27. The normalized spacial score (nSPS) is 37.5. The number of rotatable bonds is 2. The van der Waals surface area contributed by atoms with Gasteiger partial charge in [-0.3, -0.25) is 14.5 Å². The van der Waals surface area contributed by atoms with E-state index >= 15 is 0 Å². The Morgan fingerprint density at radius 1 is 1.57 bits per heavy atom. The topological polar surface area (TPSA) is 57.6 Å². The minimum absolute atomic E-state index is 0.000556. The van der Waals surface area contributed by atoms with E-state index in [0.29, 0.717) is 12.5 Å². The zero-order valence-corrected chi connectivity index (χ0v) is 8.27. The highest BCUT2D eigenvalue weighted by Crippen LogP contribution is 2.37. The fraction of sp³-hybridized carbons (Fsp3) is 0.800. The second-order valence-electron chi connectivity index (χ2n) is 4.34. The van der Waals surface area contributed by atoms with Gasteiger partial charge in [-0.2, -0.15) is 0 Å². The van der Waals surface area contributed by atoms with Crippen molar-refractivity contribution in [3.05, 3.63) is 0 Å². The van der Waals surface area contributed by atoms with Crippen molar-refractivity contribution in [2.75, 3.05) is 7.05 Å². The molecule has 3 unspecified atom stereocenters. The van der Waals surface area contributed by atoms with E-state index in [4.69, 9.17) is 5.11 Å². The molecular weight excluding hydrogens is 182 g/mol. The summed E-state index contributed by atoms with van der Waals surface area (Å²) in [5, 5.41) is 8.73. The number of ketones is 1. The number of hydrogen-bond donors (Lipinski definition) is 1. The van der Waals surface area contributed by atoms with E-state index in [0.717, 1.165) is 12.8 Å². The van der Waals surface area contributed by atoms with Gasteiger partial charge in [-0.25, -0.2) is 0 Å². The molecule has 2 rings (SSSR count). The van der Waals surface area contributed by atoms with Gasteiger partial charge in [-0.05, 0) is 19.9 Å². The van der Waals surface area contributed by atoms with Gasteiger partial charge >= 0.3 is 5.97 Å². The highest BCUT2D eigenvalue weighted by atomic mass is 16.4. The Hall–Kier alpha value is -0.900. The van der Waals surface area contributed by atoms with E-state index in [1.54, 1.807) is 0 Å². The number of aliphatic carboxylic acids is 1. The summed E-state index contributed by atoms with van der Waals surface area (Å²) in [5.74, 6) is -0.976. The molecule has 0 amide bonds. The van der Waals surface area contributed by atoms with Gasteiger partial charge in [0.1, 0.15) is 5.78 Å². The van der Waals surface area contributed by atoms with Crippen LogP contribution < -0.4 is 0 Å². The van der Waals surface area contributed by atoms with Crippen molar-refractivity contribution < 1.29 is 14.7 Å². The molecule has 1 N–H and O–H groups in total. The summed E-state index contributed by atoms with van der Waals surface area (Å²) in [4.78, 5) is 24.5. The summed E-state index contributed by atoms with van der Waals surface area (Å²) in [5.41, 5.74) is 0. The van der Waals surface area contributed by atoms with Crippen LogP contribution >= 0.6 is 0 Å². The molecule has 2 bridgehead atoms. The number of fused-ring (bicyclic) bond motifs is 2. The summed E-state index contributed by atoms with van der Waals surface area (Å²) in [6, 6.07) is 0.551. The average Bonchev–Trinajstić information content (AvgIpc) is 2.34. The molecule has 0 aromatic heterocycles. The van der Waals surface area contributed by atoms with Crippen molar-refractivity contribution in [3.8, 4) is 0 Å². The summed E-state index contributed by atoms with van der Waals surface area (Å²) >= 11 is 0. The predicted molar refractivity (Wildman–Crippen MR) is 49.9 cm³/mol. The summed E-state index contributed by atoms with van der Waals surface area (Å²) in [7, 11) is 2.00. The van der Waals surface area contributed by atoms with Crippen LogP contribution in [0.4, 0.5) is 0 Å². The van der Waals surface area contributed by atoms with Crippen LogP contribution in [0.2, 0.25) is 0 Å². The lowest BCUT2D eigenvalue weighted by Crippen LogP contribution is -2.47. The molecule has 0 spiro atoms. The highest BCUT2D eigenvalue weighted by Gasteiger charge is 2.45. The average molecular weight is 197 g/mol. The largest absolute Gasteiger partial charge is 0.481 e. The smallest absolute Gasteiger partial charge is 0.304 e. The lowest BCUT2D eigenvalue weighted by molar-refractivity contribution is -0.143. The molecule has 2 heterocycles. The number of hydrogen-bond acceptors (Lipinski definition) is 3. The van der Waals surface area contributed by atoms with Crippen LogP contribution in [0.3, 0.4) is 0 Å². The molecule has 2 aliphatic rings. The minimum Gasteiger partial charge on any atom is -0.481 e. The highest BCUT2D eigenvalue weighted by molar-refractivity contribution is 5.87. The lowest BCUT2D eigenvalue weighted by atomic mass is 9.87. The van der Waals surface area contributed by atoms with Crippen molar-refractivity contribution in [1.82, 2.24) is 4.90 Å². The predicted octanol–water partition coefficient (Wildman–Crippen LogP) is 0.513. The Bertz CT molecular complexity index is 277. The van der Waals surface area contributed by atoms with E-state index in [1.165, 1.54) is 0 Å². The Morgan fingerprint density at radius 2 is 2.29 bits per heavy atom. The third-order valence-electron chi connectivity index (χ3n) is 3.60. The second kappa shape index (κ2) is 3.35. The van der Waals surface area contributed by atoms with Crippen LogP contribution in [0.15, 0.2) is 0 Å². The van der Waals surface area contributed by atoms with Gasteiger partial charge in [0.15, 0.2) is 0 Å². The van der Waals surface area contributed by atoms with E-state index in [1.807, 2.05) is 7.05 Å². The first-order valence-electron chi connectivity index (χ1n) is 5.06. The van der Waals surface area contributed by atoms with Gasteiger partial charge < -0.3 is 5.11 Å². The molecule has 4 nitrogen and oxygen atoms in total. The van der Waals surface area contributed by atoms with Gasteiger partial charge in [0.2, 0.25) is 0 Å². The van der Waals surface area contributed by atoms with Crippen LogP contribution in [-0.4, -0.2) is 40.9 Å². The number of carbonyl (C=O) groups excluding carboxylic acids is 1. The number of carboxylic acids is 1. The molecule has 4 heteroatoms. The van der Waals surface area contributed by atoms with Crippen LogP contribution in [0.1, 0.15) is 25.7 Å². The second-order valence-corrected chi connectivity index (χ2v) is 4.34. The van der Waals surface area contributed by atoms with E-state index in [-0.39, 0.29) is 24.2 Å². The van der Waals surface area contributed by atoms with Gasteiger partial charge in [0, 0.05) is 24.4 Å². The van der Waals surface area contributed by atoms with Crippen molar-refractivity contribution in [2.24, 2.45) is 5.92 Å². The third kappa shape index (κ3) is 1.43. The van der Waals surface area contributed by atoms with Gasteiger partial charge in [0.05, 0.1) is 6.42 Å². The summed E-state index contributed by atoms with van der Waals surface area (Å²) in [6.07, 6.45) is 2.57. The Kier molecular flexibility index (Phi) is 2.31. The minimum atomic E-state index is -0.859.